The number of aromatic carboxylic acids is 1. The van der Waals surface area contributed by atoms with Gasteiger partial charge in [-0.05, 0) is 31.0 Å². The van der Waals surface area contributed by atoms with Crippen LogP contribution in [0, 0.1) is 0 Å². The van der Waals surface area contributed by atoms with Crippen LogP contribution in [0.15, 0.2) is 36.5 Å². The number of fused-ring (bicyclic) bond motifs is 1. The van der Waals surface area contributed by atoms with Crippen LogP contribution in [0.25, 0.3) is 0 Å². The van der Waals surface area contributed by atoms with E-state index in [1.165, 1.54) is 17.8 Å². The van der Waals surface area contributed by atoms with Crippen LogP contribution in [0.2, 0.25) is 5.02 Å². The number of carbonyl (C=O) groups is 1. The fourth-order valence-corrected chi connectivity index (χ4v) is 2.94. The molecule has 1 aromatic carbocycles. The van der Waals surface area contributed by atoms with Crippen molar-refractivity contribution in [1.82, 2.24) is 4.98 Å². The van der Waals surface area contributed by atoms with Crippen molar-refractivity contribution in [2.75, 3.05) is 4.90 Å². The summed E-state index contributed by atoms with van der Waals surface area (Å²) < 4.78 is 0. The van der Waals surface area contributed by atoms with Crippen molar-refractivity contribution >= 4 is 29.1 Å². The lowest BCUT2D eigenvalue weighted by molar-refractivity contribution is 0.0697. The van der Waals surface area contributed by atoms with E-state index >= 15 is 0 Å². The van der Waals surface area contributed by atoms with Crippen LogP contribution in [-0.4, -0.2) is 22.1 Å². The zero-order valence-electron chi connectivity index (χ0n) is 10.9. The monoisotopic (exact) mass is 288 g/mol. The maximum atomic E-state index is 11.2. The van der Waals surface area contributed by atoms with Gasteiger partial charge in [0.15, 0.2) is 5.82 Å². The molecule has 4 nitrogen and oxygen atoms in total. The first-order valence-corrected chi connectivity index (χ1v) is 6.72. The van der Waals surface area contributed by atoms with Crippen molar-refractivity contribution in [2.24, 2.45) is 0 Å². The Labute approximate surface area is 121 Å². The first kappa shape index (κ1) is 12.9. The molecule has 0 saturated heterocycles. The van der Waals surface area contributed by atoms with Gasteiger partial charge in [0.2, 0.25) is 0 Å². The lowest BCUT2D eigenvalue weighted by Gasteiger charge is -2.25. The standard InChI is InChI=1S/C15H13ClN2O2/c1-9-8-10-4-2-3-5-12(10)18(9)14-13(16)11(15(19)20)6-7-17-14/h2-7,9H,8H2,1H3,(H,19,20). The Morgan fingerprint density at radius 1 is 1.40 bits per heavy atom. The summed E-state index contributed by atoms with van der Waals surface area (Å²) in [6, 6.07) is 9.64. The smallest absolute Gasteiger partial charge is 0.337 e. The van der Waals surface area contributed by atoms with E-state index in [9.17, 15) is 4.79 Å². The summed E-state index contributed by atoms with van der Waals surface area (Å²) in [6.07, 6.45) is 2.38. The van der Waals surface area contributed by atoms with Crippen molar-refractivity contribution < 1.29 is 9.90 Å². The van der Waals surface area contributed by atoms with Crippen molar-refractivity contribution in [3.8, 4) is 0 Å². The number of hydrogen-bond donors (Lipinski definition) is 1. The minimum absolute atomic E-state index is 0.0771. The molecule has 1 atom stereocenters. The maximum Gasteiger partial charge on any atom is 0.337 e. The van der Waals surface area contributed by atoms with Crippen LogP contribution in [0.4, 0.5) is 11.5 Å². The number of carboxylic acid groups (broad SMARTS) is 1. The van der Waals surface area contributed by atoms with E-state index in [2.05, 4.69) is 18.0 Å². The highest BCUT2D eigenvalue weighted by Crippen LogP contribution is 2.40. The third-order valence-corrected chi connectivity index (χ3v) is 3.91. The molecule has 0 radical (unpaired) electrons. The Bertz CT molecular complexity index is 687. The maximum absolute atomic E-state index is 11.2. The van der Waals surface area contributed by atoms with Gasteiger partial charge in [-0.25, -0.2) is 9.78 Å². The molecule has 0 spiro atoms. The number of nitrogens with zero attached hydrogens (tertiary/aromatic N) is 2. The quantitative estimate of drug-likeness (QED) is 0.919. The number of benzene rings is 1. The van der Waals surface area contributed by atoms with Gasteiger partial charge in [0, 0.05) is 17.9 Å². The average Bonchev–Trinajstić information content (AvgIpc) is 2.75. The zero-order valence-corrected chi connectivity index (χ0v) is 11.6. The molecule has 0 fully saturated rings. The first-order valence-electron chi connectivity index (χ1n) is 6.34. The van der Waals surface area contributed by atoms with E-state index in [0.717, 1.165) is 12.1 Å². The van der Waals surface area contributed by atoms with Gasteiger partial charge in [-0.2, -0.15) is 0 Å². The third-order valence-electron chi connectivity index (χ3n) is 3.54. The van der Waals surface area contributed by atoms with Gasteiger partial charge in [-0.15, -0.1) is 0 Å². The Kier molecular flexibility index (Phi) is 3.10. The molecule has 3 rings (SSSR count). The van der Waals surface area contributed by atoms with Gasteiger partial charge in [-0.1, -0.05) is 29.8 Å². The predicted molar refractivity (Wildman–Crippen MR) is 78.0 cm³/mol. The second-order valence-corrected chi connectivity index (χ2v) is 5.23. The first-order chi connectivity index (χ1) is 9.59. The largest absolute Gasteiger partial charge is 0.478 e. The molecule has 2 aromatic rings. The van der Waals surface area contributed by atoms with Crippen molar-refractivity contribution in [3.05, 3.63) is 52.7 Å². The molecule has 0 aliphatic carbocycles. The fraction of sp³-hybridized carbons (Fsp3) is 0.200. The van der Waals surface area contributed by atoms with Gasteiger partial charge in [-0.3, -0.25) is 0 Å². The second kappa shape index (κ2) is 4.80. The molecule has 102 valence electrons. The van der Waals surface area contributed by atoms with Gasteiger partial charge < -0.3 is 10.0 Å². The highest BCUT2D eigenvalue weighted by Gasteiger charge is 2.30. The third kappa shape index (κ3) is 1.93. The van der Waals surface area contributed by atoms with Gasteiger partial charge in [0.05, 0.1) is 10.6 Å². The van der Waals surface area contributed by atoms with E-state index in [-0.39, 0.29) is 16.6 Å². The summed E-state index contributed by atoms with van der Waals surface area (Å²) in [4.78, 5) is 17.5. The summed E-state index contributed by atoms with van der Waals surface area (Å²) in [6.45, 7) is 2.07. The van der Waals surface area contributed by atoms with Crippen LogP contribution in [-0.2, 0) is 6.42 Å². The Morgan fingerprint density at radius 3 is 2.90 bits per heavy atom. The Balaban J connectivity index is 2.15. The molecule has 0 amide bonds. The van der Waals surface area contributed by atoms with Crippen molar-refractivity contribution in [2.45, 2.75) is 19.4 Å². The molecule has 0 bridgehead atoms. The van der Waals surface area contributed by atoms with E-state index < -0.39 is 5.97 Å². The second-order valence-electron chi connectivity index (χ2n) is 4.85. The highest BCUT2D eigenvalue weighted by molar-refractivity contribution is 6.36. The molecule has 2 heterocycles. The van der Waals surface area contributed by atoms with E-state index in [4.69, 9.17) is 16.7 Å². The lowest BCUT2D eigenvalue weighted by atomic mass is 10.1. The molecule has 0 saturated carbocycles. The number of carboxylic acids is 1. The predicted octanol–water partition coefficient (Wildman–Crippen LogP) is 3.52. The number of pyridine rings is 1. The number of hydrogen-bond acceptors (Lipinski definition) is 3. The molecule has 1 aliphatic rings. The fourth-order valence-electron chi connectivity index (χ4n) is 2.65. The van der Waals surface area contributed by atoms with Crippen LogP contribution in [0.5, 0.6) is 0 Å². The van der Waals surface area contributed by atoms with E-state index in [1.807, 2.05) is 23.1 Å². The molecule has 1 aliphatic heterocycles. The van der Waals surface area contributed by atoms with Crippen LogP contribution in [0.1, 0.15) is 22.8 Å². The van der Waals surface area contributed by atoms with Gasteiger partial charge in [0.1, 0.15) is 0 Å². The highest BCUT2D eigenvalue weighted by atomic mass is 35.5. The van der Waals surface area contributed by atoms with E-state index in [0.29, 0.717) is 5.82 Å². The normalized spacial score (nSPS) is 17.1. The van der Waals surface area contributed by atoms with E-state index in [1.54, 1.807) is 0 Å². The topological polar surface area (TPSA) is 53.4 Å². The summed E-state index contributed by atoms with van der Waals surface area (Å²) in [5.74, 6) is -0.539. The lowest BCUT2D eigenvalue weighted by Crippen LogP contribution is -2.25. The summed E-state index contributed by atoms with van der Waals surface area (Å²) >= 11 is 6.23. The minimum Gasteiger partial charge on any atom is -0.478 e. The van der Waals surface area contributed by atoms with Crippen molar-refractivity contribution in [3.63, 3.8) is 0 Å². The average molecular weight is 289 g/mol. The molecule has 1 N–H and O–H groups in total. The summed E-state index contributed by atoms with van der Waals surface area (Å²) in [5.41, 5.74) is 2.34. The van der Waals surface area contributed by atoms with Gasteiger partial charge >= 0.3 is 5.97 Å². The summed E-state index contributed by atoms with van der Waals surface area (Å²) in [5, 5.41) is 9.35. The number of para-hydroxylation sites is 1. The molecular weight excluding hydrogens is 276 g/mol. The van der Waals surface area contributed by atoms with Crippen LogP contribution < -0.4 is 4.90 Å². The number of aromatic nitrogens is 1. The minimum atomic E-state index is -1.04. The number of halogens is 1. The molecule has 1 unspecified atom stereocenters. The summed E-state index contributed by atoms with van der Waals surface area (Å²) in [7, 11) is 0. The number of anilines is 2. The zero-order chi connectivity index (χ0) is 14.3. The van der Waals surface area contributed by atoms with Crippen molar-refractivity contribution in [1.29, 1.82) is 0 Å². The Morgan fingerprint density at radius 2 is 2.15 bits per heavy atom. The SMILES string of the molecule is CC1Cc2ccccc2N1c1nccc(C(=O)O)c1Cl. The number of rotatable bonds is 2. The molecule has 20 heavy (non-hydrogen) atoms. The molecular formula is C15H13ClN2O2. The van der Waals surface area contributed by atoms with Crippen LogP contribution >= 0.6 is 11.6 Å². The molecule has 1 aromatic heterocycles. The van der Waals surface area contributed by atoms with Crippen LogP contribution in [0.3, 0.4) is 0 Å². The Hall–Kier alpha value is -2.07. The van der Waals surface area contributed by atoms with Gasteiger partial charge in [0.25, 0.3) is 0 Å². The molecule has 5 heteroatoms.